The number of nitro groups is 1. The van der Waals surface area contributed by atoms with Crippen molar-refractivity contribution in [2.75, 3.05) is 5.32 Å². The molecule has 0 atom stereocenters. The van der Waals surface area contributed by atoms with Crippen LogP contribution in [0.2, 0.25) is 0 Å². The van der Waals surface area contributed by atoms with Crippen LogP contribution in [0.4, 0.5) is 11.4 Å². The van der Waals surface area contributed by atoms with E-state index in [9.17, 15) is 19.7 Å². The van der Waals surface area contributed by atoms with Gasteiger partial charge in [-0.3, -0.25) is 19.7 Å². The minimum atomic E-state index is -0.906. The van der Waals surface area contributed by atoms with E-state index in [0.29, 0.717) is 32.6 Å². The summed E-state index contributed by atoms with van der Waals surface area (Å²) in [4.78, 5) is 38.6. The van der Waals surface area contributed by atoms with E-state index >= 15 is 0 Å². The Hall–Kier alpha value is -4.96. The van der Waals surface area contributed by atoms with Gasteiger partial charge in [0.15, 0.2) is 5.17 Å². The van der Waals surface area contributed by atoms with Gasteiger partial charge in [-0.05, 0) is 76.1 Å². The van der Waals surface area contributed by atoms with Crippen molar-refractivity contribution >= 4 is 57.0 Å². The molecule has 194 valence electrons. The standard InChI is InChI=1S/C29H21N3O6S/c33-27(34)13-18-5-9-23(10-6-18)30-29-31-28(35)26(39-29)16-22-14-20-3-1-2-4-21(20)15-25(22)38-17-19-7-11-24(12-8-19)32(36)37/h1-12,14-16H,13,17H2,(H,33,34)(H,30,31,35)/b26-16+. The lowest BCUT2D eigenvalue weighted by molar-refractivity contribution is -0.384. The van der Waals surface area contributed by atoms with Gasteiger partial charge in [-0.1, -0.05) is 36.4 Å². The van der Waals surface area contributed by atoms with Crippen molar-refractivity contribution in [3.05, 3.63) is 117 Å². The molecule has 10 heteroatoms. The van der Waals surface area contributed by atoms with Gasteiger partial charge in [-0.2, -0.15) is 4.99 Å². The van der Waals surface area contributed by atoms with Crippen LogP contribution in [0.25, 0.3) is 16.8 Å². The van der Waals surface area contributed by atoms with E-state index in [2.05, 4.69) is 10.3 Å². The van der Waals surface area contributed by atoms with E-state index in [1.807, 2.05) is 36.4 Å². The highest BCUT2D eigenvalue weighted by atomic mass is 32.2. The molecule has 1 amide bonds. The first kappa shape index (κ1) is 25.7. The molecule has 9 nitrogen and oxygen atoms in total. The molecule has 1 heterocycles. The number of nitrogens with one attached hydrogen (secondary N) is 1. The number of nitro benzene ring substituents is 1. The lowest BCUT2D eigenvalue weighted by Crippen LogP contribution is -2.05. The number of ether oxygens (including phenoxy) is 1. The zero-order valence-electron chi connectivity index (χ0n) is 20.4. The van der Waals surface area contributed by atoms with Crippen LogP contribution in [-0.4, -0.2) is 27.1 Å². The van der Waals surface area contributed by atoms with E-state index in [4.69, 9.17) is 9.84 Å². The number of aliphatic carboxylic acids is 1. The maximum atomic E-state index is 12.7. The van der Waals surface area contributed by atoms with Gasteiger partial charge >= 0.3 is 5.97 Å². The van der Waals surface area contributed by atoms with Crippen LogP contribution in [0.15, 0.2) is 94.8 Å². The van der Waals surface area contributed by atoms with E-state index in [1.165, 1.54) is 23.9 Å². The van der Waals surface area contributed by atoms with Crippen molar-refractivity contribution < 1.29 is 24.4 Å². The maximum absolute atomic E-state index is 12.7. The summed E-state index contributed by atoms with van der Waals surface area (Å²) in [5.41, 5.74) is 2.82. The van der Waals surface area contributed by atoms with Crippen LogP contribution in [0.1, 0.15) is 16.7 Å². The molecule has 0 aliphatic carbocycles. The first-order valence-electron chi connectivity index (χ1n) is 11.8. The van der Waals surface area contributed by atoms with Crippen molar-refractivity contribution in [3.63, 3.8) is 0 Å². The summed E-state index contributed by atoms with van der Waals surface area (Å²) in [5, 5.41) is 25.3. The number of thioether (sulfide) groups is 1. The molecule has 0 unspecified atom stereocenters. The monoisotopic (exact) mass is 539 g/mol. The number of non-ortho nitro benzene ring substituents is 1. The molecule has 0 bridgehead atoms. The normalized spacial score (nSPS) is 13.9. The van der Waals surface area contributed by atoms with Crippen LogP contribution in [0, 0.1) is 10.1 Å². The molecule has 5 rings (SSSR count). The zero-order chi connectivity index (χ0) is 27.4. The Morgan fingerprint density at radius 3 is 2.33 bits per heavy atom. The minimum Gasteiger partial charge on any atom is -0.488 e. The number of carbonyl (C=O) groups excluding carboxylic acids is 1. The zero-order valence-corrected chi connectivity index (χ0v) is 21.2. The number of fused-ring (bicyclic) bond motifs is 1. The van der Waals surface area contributed by atoms with E-state index < -0.39 is 10.9 Å². The van der Waals surface area contributed by atoms with E-state index in [0.717, 1.165) is 16.3 Å². The lowest BCUT2D eigenvalue weighted by atomic mass is 10.1. The molecule has 0 fully saturated rings. The fourth-order valence-corrected chi connectivity index (χ4v) is 4.78. The molecular weight excluding hydrogens is 518 g/mol. The highest BCUT2D eigenvalue weighted by Gasteiger charge is 2.23. The van der Waals surface area contributed by atoms with E-state index in [1.54, 1.807) is 42.5 Å². The molecule has 0 aromatic heterocycles. The van der Waals surface area contributed by atoms with Gasteiger partial charge in [0.05, 0.1) is 16.2 Å². The van der Waals surface area contributed by atoms with E-state index in [-0.39, 0.29) is 24.6 Å². The predicted molar refractivity (Wildman–Crippen MR) is 151 cm³/mol. The minimum absolute atomic E-state index is 0.00673. The molecule has 0 saturated heterocycles. The van der Waals surface area contributed by atoms with Crippen LogP contribution >= 0.6 is 11.8 Å². The number of rotatable bonds is 8. The van der Waals surface area contributed by atoms with Gasteiger partial charge in [0.1, 0.15) is 12.4 Å². The van der Waals surface area contributed by atoms with Gasteiger partial charge in [-0.25, -0.2) is 0 Å². The highest BCUT2D eigenvalue weighted by Crippen LogP contribution is 2.34. The summed E-state index contributed by atoms with van der Waals surface area (Å²) in [5.74, 6) is -0.737. The Morgan fingerprint density at radius 2 is 1.67 bits per heavy atom. The number of hydrogen-bond acceptors (Lipinski definition) is 7. The summed E-state index contributed by atoms with van der Waals surface area (Å²) < 4.78 is 6.11. The Labute approximate surface area is 227 Å². The Bertz CT molecular complexity index is 1650. The van der Waals surface area contributed by atoms with Crippen LogP contribution in [0.3, 0.4) is 0 Å². The Kier molecular flexibility index (Phi) is 7.37. The molecular formula is C29H21N3O6S. The number of anilines is 1. The summed E-state index contributed by atoms with van der Waals surface area (Å²) in [6.07, 6.45) is 1.67. The maximum Gasteiger partial charge on any atom is 0.307 e. The quantitative estimate of drug-likeness (QED) is 0.157. The number of nitrogens with zero attached hydrogens (tertiary/aromatic N) is 2. The van der Waals surface area contributed by atoms with Crippen molar-refractivity contribution in [1.29, 1.82) is 0 Å². The molecule has 0 spiro atoms. The number of hydrogen-bond donors (Lipinski definition) is 2. The largest absolute Gasteiger partial charge is 0.488 e. The topological polar surface area (TPSA) is 131 Å². The third-order valence-electron chi connectivity index (χ3n) is 5.89. The molecule has 1 aliphatic rings. The van der Waals surface area contributed by atoms with Gasteiger partial charge in [0.25, 0.3) is 11.6 Å². The third kappa shape index (κ3) is 6.31. The smallest absolute Gasteiger partial charge is 0.307 e. The molecule has 4 aromatic carbocycles. The van der Waals surface area contributed by atoms with Crippen molar-refractivity contribution in [3.8, 4) is 5.75 Å². The molecule has 2 N–H and O–H groups in total. The Balaban J connectivity index is 1.35. The summed E-state index contributed by atoms with van der Waals surface area (Å²) in [6, 6.07) is 24.7. The van der Waals surface area contributed by atoms with Gasteiger partial charge in [-0.15, -0.1) is 0 Å². The van der Waals surface area contributed by atoms with Crippen LogP contribution in [0.5, 0.6) is 5.75 Å². The van der Waals surface area contributed by atoms with Crippen molar-refractivity contribution in [2.24, 2.45) is 4.99 Å². The second kappa shape index (κ2) is 11.2. The highest BCUT2D eigenvalue weighted by molar-refractivity contribution is 8.18. The second-order valence-electron chi connectivity index (χ2n) is 8.67. The molecule has 1 aliphatic heterocycles. The molecule has 39 heavy (non-hydrogen) atoms. The van der Waals surface area contributed by atoms with Crippen molar-refractivity contribution in [1.82, 2.24) is 0 Å². The first-order valence-corrected chi connectivity index (χ1v) is 12.6. The first-order chi connectivity index (χ1) is 18.8. The second-order valence-corrected chi connectivity index (χ2v) is 9.71. The Morgan fingerprint density at radius 1 is 1.00 bits per heavy atom. The van der Waals surface area contributed by atoms with Crippen LogP contribution < -0.4 is 10.1 Å². The number of benzene rings is 4. The third-order valence-corrected chi connectivity index (χ3v) is 6.79. The molecule has 4 aromatic rings. The number of carboxylic acid groups (broad SMARTS) is 1. The molecule has 0 radical (unpaired) electrons. The fourth-order valence-electron chi connectivity index (χ4n) is 3.96. The number of carboxylic acids is 1. The summed E-state index contributed by atoms with van der Waals surface area (Å²) >= 11 is 1.19. The number of aliphatic imine (C=N–C) groups is 1. The molecule has 0 saturated carbocycles. The average molecular weight is 540 g/mol. The fraction of sp³-hybridized carbons (Fsp3) is 0.0690. The SMILES string of the molecule is O=C(O)Cc1ccc(NC2=NC(=O)/C(=C\c3cc4ccccc4cc3OCc3ccc([N+](=O)[O-])cc3)S2)cc1. The van der Waals surface area contributed by atoms with Gasteiger partial charge < -0.3 is 15.2 Å². The van der Waals surface area contributed by atoms with Crippen LogP contribution in [-0.2, 0) is 22.6 Å². The van der Waals surface area contributed by atoms with Gasteiger partial charge in [0.2, 0.25) is 0 Å². The predicted octanol–water partition coefficient (Wildman–Crippen LogP) is 6.04. The number of amidine groups is 1. The van der Waals surface area contributed by atoms with Gasteiger partial charge in [0, 0.05) is 23.4 Å². The summed E-state index contributed by atoms with van der Waals surface area (Å²) in [6.45, 7) is 0.189. The summed E-state index contributed by atoms with van der Waals surface area (Å²) in [7, 11) is 0. The number of carbonyl (C=O) groups is 2. The number of amides is 1. The van der Waals surface area contributed by atoms with Crippen molar-refractivity contribution in [2.45, 2.75) is 13.0 Å². The average Bonchev–Trinajstić information content (AvgIpc) is 3.26. The lowest BCUT2D eigenvalue weighted by Gasteiger charge is -2.12.